The molecule has 7 nitrogen and oxygen atoms in total. The van der Waals surface area contributed by atoms with Gasteiger partial charge in [-0.05, 0) is 25.8 Å². The number of piperazine rings is 1. The number of benzene rings is 1. The molecule has 3 atom stereocenters. The van der Waals surface area contributed by atoms with E-state index < -0.39 is 11.9 Å². The molecule has 162 valence electrons. The van der Waals surface area contributed by atoms with Crippen molar-refractivity contribution in [3.05, 3.63) is 35.3 Å². The average Bonchev–Trinajstić information content (AvgIpc) is 3.28. The lowest BCUT2D eigenvalue weighted by Crippen LogP contribution is -2.55. The first-order valence-electron chi connectivity index (χ1n) is 10.4. The van der Waals surface area contributed by atoms with Crippen molar-refractivity contribution < 1.29 is 23.5 Å². The van der Waals surface area contributed by atoms with Gasteiger partial charge in [0.25, 0.3) is 5.91 Å². The van der Waals surface area contributed by atoms with E-state index in [0.717, 1.165) is 6.42 Å². The summed E-state index contributed by atoms with van der Waals surface area (Å²) in [5.74, 6) is -0.664. The minimum atomic E-state index is -0.691. The number of furan rings is 1. The average molecular weight is 417 g/mol. The van der Waals surface area contributed by atoms with Crippen LogP contribution < -0.4 is 0 Å². The summed E-state index contributed by atoms with van der Waals surface area (Å²) in [6, 6.07) is 4.24. The molecule has 2 heterocycles. The lowest BCUT2D eigenvalue weighted by Gasteiger charge is -2.39. The molecule has 4 rings (SSSR count). The van der Waals surface area contributed by atoms with E-state index in [1.54, 1.807) is 33.0 Å². The standard InChI is InChI=1S/C22H28FN3O4/c1-13-15-5-4-6-16(23)21(15)30-20(13)22(29)24(3)17-7-8-18(19(17)28)26-11-9-25(10-12-26)14(2)27/h4-6,17-19,28H,7-12H2,1-3H3/t17-,18-,19-/m1/s1. The lowest BCUT2D eigenvalue weighted by atomic mass is 10.1. The fraction of sp³-hybridized carbons (Fsp3) is 0.545. The van der Waals surface area contributed by atoms with E-state index in [4.69, 9.17) is 4.42 Å². The van der Waals surface area contributed by atoms with Gasteiger partial charge in [-0.2, -0.15) is 0 Å². The number of carbonyl (C=O) groups is 2. The van der Waals surface area contributed by atoms with Gasteiger partial charge in [-0.1, -0.05) is 12.1 Å². The van der Waals surface area contributed by atoms with Gasteiger partial charge in [-0.3, -0.25) is 14.5 Å². The predicted molar refractivity (Wildman–Crippen MR) is 110 cm³/mol. The Balaban J connectivity index is 1.47. The Morgan fingerprint density at radius 2 is 1.90 bits per heavy atom. The number of hydrogen-bond acceptors (Lipinski definition) is 5. The van der Waals surface area contributed by atoms with Crippen LogP contribution in [-0.2, 0) is 4.79 Å². The van der Waals surface area contributed by atoms with E-state index in [2.05, 4.69) is 4.90 Å². The Bertz CT molecular complexity index is 967. The molecule has 1 saturated carbocycles. The van der Waals surface area contributed by atoms with E-state index in [1.807, 2.05) is 4.90 Å². The summed E-state index contributed by atoms with van der Waals surface area (Å²) in [5, 5.41) is 11.6. The third kappa shape index (κ3) is 3.48. The Morgan fingerprint density at radius 1 is 1.20 bits per heavy atom. The zero-order valence-corrected chi connectivity index (χ0v) is 17.6. The third-order valence-corrected chi connectivity index (χ3v) is 6.70. The molecule has 2 aromatic rings. The fourth-order valence-corrected chi connectivity index (χ4v) is 4.85. The van der Waals surface area contributed by atoms with Crippen molar-refractivity contribution >= 4 is 22.8 Å². The molecule has 0 radical (unpaired) electrons. The van der Waals surface area contributed by atoms with Crippen LogP contribution in [0.1, 0.15) is 35.9 Å². The van der Waals surface area contributed by atoms with Crippen molar-refractivity contribution in [2.75, 3.05) is 33.2 Å². The minimum absolute atomic E-state index is 0.0476. The number of para-hydroxylation sites is 1. The maximum atomic E-state index is 14.1. The van der Waals surface area contributed by atoms with Crippen LogP contribution in [0, 0.1) is 12.7 Å². The van der Waals surface area contributed by atoms with Gasteiger partial charge in [0.1, 0.15) is 0 Å². The molecule has 30 heavy (non-hydrogen) atoms. The Labute approximate surface area is 175 Å². The molecule has 2 fully saturated rings. The highest BCUT2D eigenvalue weighted by molar-refractivity contribution is 5.99. The van der Waals surface area contributed by atoms with Crippen LogP contribution in [-0.4, -0.2) is 83.0 Å². The van der Waals surface area contributed by atoms with Crippen molar-refractivity contribution in [3.8, 4) is 0 Å². The van der Waals surface area contributed by atoms with Crippen LogP contribution in [0.4, 0.5) is 4.39 Å². The summed E-state index contributed by atoms with van der Waals surface area (Å²) in [6.07, 6.45) is 0.760. The van der Waals surface area contributed by atoms with Crippen LogP contribution in [0.25, 0.3) is 11.0 Å². The van der Waals surface area contributed by atoms with Gasteiger partial charge in [-0.15, -0.1) is 0 Å². The van der Waals surface area contributed by atoms with E-state index in [1.165, 1.54) is 11.0 Å². The van der Waals surface area contributed by atoms with Crippen molar-refractivity contribution in [2.45, 2.75) is 44.9 Å². The zero-order chi connectivity index (χ0) is 21.6. The van der Waals surface area contributed by atoms with Crippen molar-refractivity contribution in [1.82, 2.24) is 14.7 Å². The number of likely N-dealkylation sites (N-methyl/N-ethyl adjacent to an activating group) is 1. The number of halogens is 1. The maximum absolute atomic E-state index is 14.1. The molecular weight excluding hydrogens is 389 g/mol. The van der Waals surface area contributed by atoms with Crippen molar-refractivity contribution in [2.24, 2.45) is 0 Å². The molecule has 0 bridgehead atoms. The monoisotopic (exact) mass is 417 g/mol. The Hall–Kier alpha value is -2.45. The second-order valence-electron chi connectivity index (χ2n) is 8.33. The highest BCUT2D eigenvalue weighted by atomic mass is 19.1. The molecule has 1 aromatic heterocycles. The number of carbonyl (C=O) groups excluding carboxylic acids is 2. The second kappa shape index (κ2) is 8.00. The van der Waals surface area contributed by atoms with Gasteiger partial charge in [0.2, 0.25) is 5.91 Å². The summed E-state index contributed by atoms with van der Waals surface area (Å²) < 4.78 is 19.6. The molecule has 0 unspecified atom stereocenters. The van der Waals surface area contributed by atoms with Gasteiger partial charge < -0.3 is 19.3 Å². The number of aryl methyl sites for hydroxylation is 1. The summed E-state index contributed by atoms with van der Waals surface area (Å²) in [4.78, 5) is 30.2. The van der Waals surface area contributed by atoms with Gasteiger partial charge >= 0.3 is 0 Å². The minimum Gasteiger partial charge on any atom is -0.448 e. The lowest BCUT2D eigenvalue weighted by molar-refractivity contribution is -0.131. The molecule has 1 aromatic carbocycles. The second-order valence-corrected chi connectivity index (χ2v) is 8.33. The number of rotatable bonds is 3. The summed E-state index contributed by atoms with van der Waals surface area (Å²) in [7, 11) is 1.66. The quantitative estimate of drug-likeness (QED) is 0.827. The predicted octanol–water partition coefficient (Wildman–Crippen LogP) is 2.01. The first-order valence-corrected chi connectivity index (χ1v) is 10.4. The topological polar surface area (TPSA) is 77.2 Å². The van der Waals surface area contributed by atoms with Gasteiger partial charge in [0, 0.05) is 57.1 Å². The first kappa shape index (κ1) is 20.8. The largest absolute Gasteiger partial charge is 0.448 e. The fourth-order valence-electron chi connectivity index (χ4n) is 4.85. The van der Waals surface area contributed by atoms with Crippen LogP contribution >= 0.6 is 0 Å². The number of nitrogens with zero attached hydrogens (tertiary/aromatic N) is 3. The van der Waals surface area contributed by atoms with Crippen LogP contribution in [0.5, 0.6) is 0 Å². The number of hydrogen-bond donors (Lipinski definition) is 1. The van der Waals surface area contributed by atoms with E-state index in [0.29, 0.717) is 43.5 Å². The highest BCUT2D eigenvalue weighted by Crippen LogP contribution is 2.32. The number of amides is 2. The number of aliphatic hydroxyl groups is 1. The van der Waals surface area contributed by atoms with Crippen LogP contribution in [0.3, 0.4) is 0 Å². The maximum Gasteiger partial charge on any atom is 0.289 e. The van der Waals surface area contributed by atoms with Gasteiger partial charge in [0.15, 0.2) is 17.2 Å². The molecule has 2 aliphatic rings. The van der Waals surface area contributed by atoms with Crippen molar-refractivity contribution in [1.29, 1.82) is 0 Å². The van der Waals surface area contributed by atoms with E-state index in [-0.39, 0.29) is 35.2 Å². The Morgan fingerprint density at radius 3 is 2.53 bits per heavy atom. The number of fused-ring (bicyclic) bond motifs is 1. The Kier molecular flexibility index (Phi) is 5.55. The smallest absolute Gasteiger partial charge is 0.289 e. The zero-order valence-electron chi connectivity index (χ0n) is 17.6. The van der Waals surface area contributed by atoms with Crippen LogP contribution in [0.2, 0.25) is 0 Å². The number of aliphatic hydroxyl groups excluding tert-OH is 1. The first-order chi connectivity index (χ1) is 14.3. The molecule has 8 heteroatoms. The highest BCUT2D eigenvalue weighted by Gasteiger charge is 2.43. The molecule has 2 amide bonds. The molecule has 1 aliphatic carbocycles. The van der Waals surface area contributed by atoms with Gasteiger partial charge in [-0.25, -0.2) is 4.39 Å². The summed E-state index contributed by atoms with van der Waals surface area (Å²) >= 11 is 0. The normalized spacial score (nSPS) is 25.1. The molecular formula is C22H28FN3O4. The summed E-state index contributed by atoms with van der Waals surface area (Å²) in [5.41, 5.74) is 0.686. The van der Waals surface area contributed by atoms with Gasteiger partial charge in [0.05, 0.1) is 12.1 Å². The SMILES string of the molecule is CC(=O)N1CCN([C@@H]2CC[C@@H](N(C)C(=O)c3oc4c(F)cccc4c3C)[C@H]2O)CC1. The molecule has 1 saturated heterocycles. The molecule has 1 aliphatic heterocycles. The van der Waals surface area contributed by atoms with E-state index in [9.17, 15) is 19.1 Å². The third-order valence-electron chi connectivity index (χ3n) is 6.70. The van der Waals surface area contributed by atoms with Crippen molar-refractivity contribution in [3.63, 3.8) is 0 Å². The summed E-state index contributed by atoms with van der Waals surface area (Å²) in [6.45, 7) is 6.06. The van der Waals surface area contributed by atoms with E-state index >= 15 is 0 Å². The van der Waals surface area contributed by atoms with Crippen LogP contribution in [0.15, 0.2) is 22.6 Å². The molecule has 0 spiro atoms. The molecule has 1 N–H and O–H groups in total.